The molecule has 1 saturated heterocycles. The molecule has 1 aliphatic heterocycles. The van der Waals surface area contributed by atoms with Crippen molar-refractivity contribution in [3.8, 4) is 0 Å². The number of hydrogen-bond acceptors (Lipinski definition) is 7. The molecule has 1 aromatic carbocycles. The summed E-state index contributed by atoms with van der Waals surface area (Å²) in [6.07, 6.45) is 4.33. The Morgan fingerprint density at radius 1 is 1.30 bits per heavy atom. The van der Waals surface area contributed by atoms with E-state index >= 15 is 0 Å². The van der Waals surface area contributed by atoms with Gasteiger partial charge < -0.3 is 4.74 Å². The Balaban J connectivity index is 1.86. The third kappa shape index (κ3) is 6.14. The molecule has 0 atom stereocenters. The zero-order valence-corrected chi connectivity index (χ0v) is 16.5. The largest absolute Gasteiger partial charge is 0.466 e. The standard InChI is InChI=1S/C18H20N2O5S2/c1-2-25-16(21)6-4-3-5-11-19-17(22)15(27-18(19)26)12-13-7-9-14(10-8-13)20(23)24/h7-10,12H,2-6,11H2,1H3/b15-12-. The van der Waals surface area contributed by atoms with Crippen molar-refractivity contribution >= 4 is 51.9 Å². The first-order chi connectivity index (χ1) is 12.9. The van der Waals surface area contributed by atoms with Gasteiger partial charge in [-0.3, -0.25) is 24.6 Å². The van der Waals surface area contributed by atoms with Gasteiger partial charge in [0.05, 0.1) is 16.4 Å². The first kappa shape index (κ1) is 21.0. The van der Waals surface area contributed by atoms with Crippen molar-refractivity contribution in [3.63, 3.8) is 0 Å². The maximum Gasteiger partial charge on any atom is 0.305 e. The maximum atomic E-state index is 12.5. The number of nitro groups is 1. The van der Waals surface area contributed by atoms with Gasteiger partial charge in [0.25, 0.3) is 11.6 Å². The minimum absolute atomic E-state index is 0.00233. The molecule has 0 aromatic heterocycles. The lowest BCUT2D eigenvalue weighted by atomic mass is 10.2. The third-order valence-corrected chi connectivity index (χ3v) is 5.22. The van der Waals surface area contributed by atoms with Crippen molar-refractivity contribution in [2.75, 3.05) is 13.2 Å². The lowest BCUT2D eigenvalue weighted by Crippen LogP contribution is -2.29. The fraction of sp³-hybridized carbons (Fsp3) is 0.389. The second kappa shape index (κ2) is 10.2. The van der Waals surface area contributed by atoms with Crippen molar-refractivity contribution < 1.29 is 19.2 Å². The Morgan fingerprint density at radius 2 is 2.00 bits per heavy atom. The van der Waals surface area contributed by atoms with Crippen LogP contribution in [0.25, 0.3) is 6.08 Å². The van der Waals surface area contributed by atoms with Gasteiger partial charge in [-0.15, -0.1) is 0 Å². The number of nitro benzene ring substituents is 1. The molecule has 0 unspecified atom stereocenters. The van der Waals surface area contributed by atoms with Gasteiger partial charge in [-0.2, -0.15) is 0 Å². The van der Waals surface area contributed by atoms with Crippen LogP contribution in [0.5, 0.6) is 0 Å². The van der Waals surface area contributed by atoms with E-state index in [-0.39, 0.29) is 17.6 Å². The highest BCUT2D eigenvalue weighted by Crippen LogP contribution is 2.33. The molecular formula is C18H20N2O5S2. The van der Waals surface area contributed by atoms with E-state index in [0.29, 0.717) is 40.8 Å². The molecule has 0 spiro atoms. The number of ether oxygens (including phenoxy) is 1. The van der Waals surface area contributed by atoms with Crippen LogP contribution in [0, 0.1) is 10.1 Å². The fourth-order valence-electron chi connectivity index (χ4n) is 2.49. The van der Waals surface area contributed by atoms with Crippen LogP contribution in [-0.2, 0) is 14.3 Å². The number of amides is 1. The molecule has 0 radical (unpaired) electrons. The lowest BCUT2D eigenvalue weighted by Gasteiger charge is -2.13. The first-order valence-electron chi connectivity index (χ1n) is 8.57. The maximum absolute atomic E-state index is 12.5. The number of unbranched alkanes of at least 4 members (excludes halogenated alkanes) is 2. The second-order valence-electron chi connectivity index (χ2n) is 5.80. The number of carbonyl (C=O) groups excluding carboxylic acids is 2. The minimum Gasteiger partial charge on any atom is -0.466 e. The highest BCUT2D eigenvalue weighted by atomic mass is 32.2. The fourth-order valence-corrected chi connectivity index (χ4v) is 3.79. The van der Waals surface area contributed by atoms with Crippen LogP contribution in [0.4, 0.5) is 5.69 Å². The Morgan fingerprint density at radius 3 is 2.63 bits per heavy atom. The Bertz CT molecular complexity index is 762. The Labute approximate surface area is 166 Å². The van der Waals surface area contributed by atoms with Gasteiger partial charge in [0.1, 0.15) is 4.32 Å². The molecule has 1 heterocycles. The second-order valence-corrected chi connectivity index (χ2v) is 7.47. The summed E-state index contributed by atoms with van der Waals surface area (Å²) in [5.41, 5.74) is 0.707. The number of thioether (sulfide) groups is 1. The van der Waals surface area contributed by atoms with Gasteiger partial charge in [0, 0.05) is 25.1 Å². The van der Waals surface area contributed by atoms with Crippen LogP contribution in [0.15, 0.2) is 29.2 Å². The van der Waals surface area contributed by atoms with Crippen molar-refractivity contribution in [1.29, 1.82) is 0 Å². The van der Waals surface area contributed by atoms with Gasteiger partial charge in [0.2, 0.25) is 0 Å². The quantitative estimate of drug-likeness (QED) is 0.153. The molecular weight excluding hydrogens is 388 g/mol. The third-order valence-electron chi connectivity index (χ3n) is 3.84. The summed E-state index contributed by atoms with van der Waals surface area (Å²) in [4.78, 5) is 36.1. The summed E-state index contributed by atoms with van der Waals surface area (Å²) in [6.45, 7) is 2.67. The van der Waals surface area contributed by atoms with Crippen LogP contribution in [-0.4, -0.2) is 39.2 Å². The van der Waals surface area contributed by atoms with Crippen LogP contribution in [0.3, 0.4) is 0 Å². The van der Waals surface area contributed by atoms with E-state index in [0.717, 1.165) is 12.8 Å². The zero-order chi connectivity index (χ0) is 19.8. The van der Waals surface area contributed by atoms with Crippen LogP contribution in [0.2, 0.25) is 0 Å². The number of hydrogen-bond donors (Lipinski definition) is 0. The molecule has 1 aliphatic rings. The molecule has 27 heavy (non-hydrogen) atoms. The molecule has 9 heteroatoms. The lowest BCUT2D eigenvalue weighted by molar-refractivity contribution is -0.384. The van der Waals surface area contributed by atoms with Crippen LogP contribution >= 0.6 is 24.0 Å². The molecule has 0 saturated carbocycles. The van der Waals surface area contributed by atoms with E-state index in [2.05, 4.69) is 0 Å². The first-order valence-corrected chi connectivity index (χ1v) is 9.80. The smallest absolute Gasteiger partial charge is 0.305 e. The SMILES string of the molecule is CCOC(=O)CCCCCN1C(=O)/C(=C/c2ccc([N+](=O)[O-])cc2)SC1=S. The summed E-state index contributed by atoms with van der Waals surface area (Å²) in [6, 6.07) is 5.99. The van der Waals surface area contributed by atoms with Gasteiger partial charge >= 0.3 is 5.97 Å². The van der Waals surface area contributed by atoms with E-state index in [4.69, 9.17) is 17.0 Å². The number of rotatable bonds is 9. The predicted octanol–water partition coefficient (Wildman–Crippen LogP) is 3.92. The number of esters is 1. The summed E-state index contributed by atoms with van der Waals surface area (Å²) in [5, 5.41) is 10.7. The van der Waals surface area contributed by atoms with Crippen LogP contribution < -0.4 is 0 Å². The number of nitrogens with zero attached hydrogens (tertiary/aromatic N) is 2. The highest BCUT2D eigenvalue weighted by Gasteiger charge is 2.31. The molecule has 0 bridgehead atoms. The monoisotopic (exact) mass is 408 g/mol. The normalized spacial score (nSPS) is 15.4. The van der Waals surface area contributed by atoms with Gasteiger partial charge in [-0.05, 0) is 43.5 Å². The highest BCUT2D eigenvalue weighted by molar-refractivity contribution is 8.26. The van der Waals surface area contributed by atoms with Crippen molar-refractivity contribution in [2.24, 2.45) is 0 Å². The zero-order valence-electron chi connectivity index (χ0n) is 14.9. The van der Waals surface area contributed by atoms with E-state index in [1.54, 1.807) is 30.0 Å². The average Bonchev–Trinajstić information content (AvgIpc) is 2.89. The molecule has 1 fully saturated rings. The van der Waals surface area contributed by atoms with Crippen LogP contribution in [0.1, 0.15) is 38.2 Å². The Hall–Kier alpha value is -2.26. The number of thiocarbonyl (C=S) groups is 1. The number of benzene rings is 1. The van der Waals surface area contributed by atoms with Gasteiger partial charge in [-0.25, -0.2) is 0 Å². The molecule has 144 valence electrons. The number of carbonyl (C=O) groups is 2. The van der Waals surface area contributed by atoms with Crippen molar-refractivity contribution in [2.45, 2.75) is 32.6 Å². The number of non-ortho nitro benzene ring substituents is 1. The van der Waals surface area contributed by atoms with Gasteiger partial charge in [0.15, 0.2) is 0 Å². The Kier molecular flexibility index (Phi) is 7.93. The van der Waals surface area contributed by atoms with E-state index in [9.17, 15) is 19.7 Å². The molecule has 1 amide bonds. The molecule has 0 N–H and O–H groups in total. The molecule has 0 aliphatic carbocycles. The summed E-state index contributed by atoms with van der Waals surface area (Å²) >= 11 is 6.51. The van der Waals surface area contributed by atoms with Gasteiger partial charge in [-0.1, -0.05) is 30.4 Å². The molecule has 7 nitrogen and oxygen atoms in total. The van der Waals surface area contributed by atoms with Crippen molar-refractivity contribution in [3.05, 3.63) is 44.8 Å². The minimum atomic E-state index is -0.467. The molecule has 2 rings (SSSR count). The van der Waals surface area contributed by atoms with E-state index < -0.39 is 4.92 Å². The summed E-state index contributed by atoms with van der Waals surface area (Å²) in [5.74, 6) is -0.358. The van der Waals surface area contributed by atoms with E-state index in [1.807, 2.05) is 0 Å². The van der Waals surface area contributed by atoms with E-state index in [1.165, 1.54) is 23.9 Å². The average molecular weight is 409 g/mol. The topological polar surface area (TPSA) is 89.8 Å². The summed E-state index contributed by atoms with van der Waals surface area (Å²) < 4.78 is 5.37. The van der Waals surface area contributed by atoms with Crippen molar-refractivity contribution in [1.82, 2.24) is 4.90 Å². The molecule has 1 aromatic rings. The predicted molar refractivity (Wildman–Crippen MR) is 108 cm³/mol. The summed E-state index contributed by atoms with van der Waals surface area (Å²) in [7, 11) is 0.